The number of amides is 1. The number of aromatic nitrogens is 3. The Morgan fingerprint density at radius 3 is 2.35 bits per heavy atom. The molecule has 1 aromatic heterocycles. The van der Waals surface area contributed by atoms with Crippen LogP contribution >= 0.6 is 0 Å². The van der Waals surface area contributed by atoms with Crippen LogP contribution in [0.1, 0.15) is 57.2 Å². The topological polar surface area (TPSA) is 115 Å². The van der Waals surface area contributed by atoms with E-state index in [4.69, 9.17) is 10.5 Å². The Morgan fingerprint density at radius 2 is 1.74 bits per heavy atom. The average molecular weight is 429 g/mol. The molecule has 1 atom stereocenters. The number of esters is 1. The van der Waals surface area contributed by atoms with E-state index in [2.05, 4.69) is 15.0 Å². The van der Waals surface area contributed by atoms with E-state index in [-0.39, 0.29) is 29.8 Å². The maximum atomic E-state index is 13.7. The second-order valence-corrected chi connectivity index (χ2v) is 10.3. The van der Waals surface area contributed by atoms with Crippen LogP contribution in [0.4, 0.5) is 11.9 Å². The molecule has 2 heterocycles. The molecule has 0 aromatic carbocycles. The second kappa shape index (κ2) is 7.60. The number of nitrogens with zero attached hydrogens (tertiary/aromatic N) is 5. The highest BCUT2D eigenvalue weighted by Crippen LogP contribution is 2.60. The quantitative estimate of drug-likeness (QED) is 0.706. The maximum Gasteiger partial charge on any atom is 0.329 e. The molecule has 4 bridgehead atoms. The van der Waals surface area contributed by atoms with Crippen molar-refractivity contribution in [3.05, 3.63) is 5.82 Å². The maximum absolute atomic E-state index is 13.7. The molecule has 6 rings (SSSR count). The van der Waals surface area contributed by atoms with Gasteiger partial charge in [0.25, 0.3) is 0 Å². The normalized spacial score (nSPS) is 33.5. The Hall–Kier alpha value is -2.45. The fraction of sp³-hybridized carbons (Fsp3) is 0.773. The van der Waals surface area contributed by atoms with Gasteiger partial charge < -0.3 is 20.3 Å². The molecule has 1 aromatic rings. The summed E-state index contributed by atoms with van der Waals surface area (Å²) in [4.78, 5) is 42.6. The first kappa shape index (κ1) is 20.5. The van der Waals surface area contributed by atoms with Gasteiger partial charge in [0.1, 0.15) is 6.04 Å². The number of rotatable bonds is 5. The number of anilines is 2. The molecule has 9 nitrogen and oxygen atoms in total. The molecule has 168 valence electrons. The molecule has 5 aliphatic rings. The molecular weight excluding hydrogens is 396 g/mol. The monoisotopic (exact) mass is 428 g/mol. The summed E-state index contributed by atoms with van der Waals surface area (Å²) < 4.78 is 5.54. The molecule has 4 saturated carbocycles. The van der Waals surface area contributed by atoms with E-state index in [0.29, 0.717) is 42.5 Å². The van der Waals surface area contributed by atoms with Gasteiger partial charge in [0.05, 0.1) is 5.41 Å². The summed E-state index contributed by atoms with van der Waals surface area (Å²) in [6.07, 6.45) is 8.39. The third-order valence-electron chi connectivity index (χ3n) is 7.71. The summed E-state index contributed by atoms with van der Waals surface area (Å²) in [6, 6.07) is -0.506. The highest BCUT2D eigenvalue weighted by atomic mass is 16.5. The summed E-state index contributed by atoms with van der Waals surface area (Å²) in [5.74, 6) is 2.73. The van der Waals surface area contributed by atoms with Crippen molar-refractivity contribution >= 4 is 23.8 Å². The van der Waals surface area contributed by atoms with Gasteiger partial charge in [0, 0.05) is 20.6 Å². The van der Waals surface area contributed by atoms with Crippen LogP contribution in [0.15, 0.2) is 0 Å². The number of nitrogens with two attached hydrogens (primary N) is 1. The minimum absolute atomic E-state index is 0.0811. The number of ether oxygens (including phenoxy) is 1. The number of nitrogen functional groups attached to an aromatic ring is 1. The Labute approximate surface area is 182 Å². The van der Waals surface area contributed by atoms with Crippen molar-refractivity contribution in [2.45, 2.75) is 64.0 Å². The van der Waals surface area contributed by atoms with Gasteiger partial charge in [-0.15, -0.1) is 0 Å². The smallest absolute Gasteiger partial charge is 0.329 e. The Morgan fingerprint density at radius 1 is 1.10 bits per heavy atom. The Kier molecular flexibility index (Phi) is 5.01. The van der Waals surface area contributed by atoms with Gasteiger partial charge in [-0.05, 0) is 69.1 Å². The number of hydrogen-bond acceptors (Lipinski definition) is 8. The zero-order chi connectivity index (χ0) is 21.8. The number of carbonyl (C=O) groups excluding carboxylic acids is 2. The average Bonchev–Trinajstić information content (AvgIpc) is 3.20. The summed E-state index contributed by atoms with van der Waals surface area (Å²) in [7, 11) is 3.61. The first-order valence-corrected chi connectivity index (χ1v) is 11.5. The molecule has 31 heavy (non-hydrogen) atoms. The number of likely N-dealkylation sites (tertiary alicyclic amines) is 1. The molecule has 1 amide bonds. The van der Waals surface area contributed by atoms with Gasteiger partial charge in [-0.3, -0.25) is 4.79 Å². The lowest BCUT2D eigenvalue weighted by atomic mass is 9.49. The summed E-state index contributed by atoms with van der Waals surface area (Å²) in [5.41, 5.74) is 5.51. The van der Waals surface area contributed by atoms with E-state index >= 15 is 0 Å². The Bertz CT molecular complexity index is 853. The van der Waals surface area contributed by atoms with Crippen molar-refractivity contribution in [2.24, 2.45) is 23.2 Å². The van der Waals surface area contributed by atoms with E-state index in [0.717, 1.165) is 25.7 Å². The zero-order valence-electron chi connectivity index (χ0n) is 18.4. The van der Waals surface area contributed by atoms with Crippen LogP contribution in [0.25, 0.3) is 0 Å². The van der Waals surface area contributed by atoms with Gasteiger partial charge in [-0.2, -0.15) is 15.0 Å². The van der Waals surface area contributed by atoms with Crippen LogP contribution < -0.4 is 10.6 Å². The van der Waals surface area contributed by atoms with Gasteiger partial charge in [-0.1, -0.05) is 0 Å². The van der Waals surface area contributed by atoms with E-state index < -0.39 is 6.04 Å². The van der Waals surface area contributed by atoms with E-state index in [9.17, 15) is 9.59 Å². The van der Waals surface area contributed by atoms with Gasteiger partial charge in [0.2, 0.25) is 17.8 Å². The molecule has 1 aliphatic heterocycles. The lowest BCUT2D eigenvalue weighted by Gasteiger charge is -2.56. The summed E-state index contributed by atoms with van der Waals surface area (Å²) >= 11 is 0. The van der Waals surface area contributed by atoms with Gasteiger partial charge >= 0.3 is 5.97 Å². The lowest BCUT2D eigenvalue weighted by Crippen LogP contribution is -2.56. The van der Waals surface area contributed by atoms with E-state index in [1.54, 1.807) is 19.0 Å². The van der Waals surface area contributed by atoms with Crippen molar-refractivity contribution in [3.8, 4) is 0 Å². The second-order valence-electron chi connectivity index (χ2n) is 10.3. The molecule has 0 spiro atoms. The summed E-state index contributed by atoms with van der Waals surface area (Å²) in [5, 5.41) is 0. The minimum atomic E-state index is -0.506. The molecule has 1 saturated heterocycles. The number of carbonyl (C=O) groups is 2. The van der Waals surface area contributed by atoms with Crippen LogP contribution in [-0.4, -0.2) is 58.4 Å². The Balaban J connectivity index is 1.26. The van der Waals surface area contributed by atoms with Crippen molar-refractivity contribution in [1.29, 1.82) is 0 Å². The van der Waals surface area contributed by atoms with Gasteiger partial charge in [-0.25, -0.2) is 4.79 Å². The van der Waals surface area contributed by atoms with Crippen LogP contribution in [0.5, 0.6) is 0 Å². The molecule has 5 fully saturated rings. The first-order chi connectivity index (χ1) is 14.8. The van der Waals surface area contributed by atoms with Crippen molar-refractivity contribution in [2.75, 3.05) is 31.3 Å². The SMILES string of the molecule is CN(C)c1nc(N)nc(COC(=O)C2CCCN2C(=O)C23CC4CC(CC(C4)C2)C3)n1. The van der Waals surface area contributed by atoms with Crippen LogP contribution in [-0.2, 0) is 20.9 Å². The van der Waals surface area contributed by atoms with E-state index in [1.807, 2.05) is 4.90 Å². The van der Waals surface area contributed by atoms with Crippen LogP contribution in [0.3, 0.4) is 0 Å². The number of hydrogen-bond donors (Lipinski definition) is 1. The molecule has 1 unspecified atom stereocenters. The molecular formula is C22H32N6O3. The summed E-state index contributed by atoms with van der Waals surface area (Å²) in [6.45, 7) is 0.562. The van der Waals surface area contributed by atoms with Crippen molar-refractivity contribution in [1.82, 2.24) is 19.9 Å². The minimum Gasteiger partial charge on any atom is -0.456 e. The van der Waals surface area contributed by atoms with Crippen LogP contribution in [0, 0.1) is 23.2 Å². The fourth-order valence-corrected chi connectivity index (χ4v) is 6.85. The largest absolute Gasteiger partial charge is 0.456 e. The fourth-order valence-electron chi connectivity index (χ4n) is 6.85. The van der Waals surface area contributed by atoms with Crippen molar-refractivity contribution in [3.63, 3.8) is 0 Å². The zero-order valence-corrected chi connectivity index (χ0v) is 18.4. The van der Waals surface area contributed by atoms with Gasteiger partial charge in [0.15, 0.2) is 12.4 Å². The predicted molar refractivity (Wildman–Crippen MR) is 114 cm³/mol. The molecule has 0 radical (unpaired) electrons. The molecule has 2 N–H and O–H groups in total. The molecule has 4 aliphatic carbocycles. The highest BCUT2D eigenvalue weighted by molar-refractivity contribution is 5.89. The standard InChI is InChI=1S/C22H32N6O3/c1-27(2)21-25-17(24-20(23)26-21)12-31-18(29)16-4-3-5-28(16)19(30)22-9-13-6-14(10-22)8-15(7-13)11-22/h13-16H,3-12H2,1-2H3,(H2,23,24,25,26). The van der Waals surface area contributed by atoms with Crippen molar-refractivity contribution < 1.29 is 14.3 Å². The first-order valence-electron chi connectivity index (χ1n) is 11.5. The van der Waals surface area contributed by atoms with E-state index in [1.165, 1.54) is 19.3 Å². The van der Waals surface area contributed by atoms with Crippen LogP contribution in [0.2, 0.25) is 0 Å². The molecule has 9 heteroatoms. The predicted octanol–water partition coefficient (Wildman–Crippen LogP) is 1.77. The highest BCUT2D eigenvalue weighted by Gasteiger charge is 2.57. The lowest BCUT2D eigenvalue weighted by molar-refractivity contribution is -0.166. The third kappa shape index (κ3) is 3.72. The third-order valence-corrected chi connectivity index (χ3v) is 7.71.